The van der Waals surface area contributed by atoms with Crippen molar-refractivity contribution in [3.8, 4) is 17.6 Å². The number of unbranched alkanes of at least 4 members (excludes halogenated alkanes) is 2. The lowest BCUT2D eigenvalue weighted by Gasteiger charge is -2.27. The topological polar surface area (TPSA) is 79.6 Å². The lowest BCUT2D eigenvalue weighted by atomic mass is 9.93. The molecule has 0 spiro atoms. The Balaban J connectivity index is 2.46. The Bertz CT molecular complexity index is 922. The molecule has 1 aromatic carbocycles. The molecule has 0 saturated carbocycles. The lowest BCUT2D eigenvalue weighted by molar-refractivity contribution is -0.140. The molecular formula is C24H28N2O4. The van der Waals surface area contributed by atoms with E-state index in [4.69, 9.17) is 9.47 Å². The van der Waals surface area contributed by atoms with Gasteiger partial charge < -0.3 is 9.47 Å². The van der Waals surface area contributed by atoms with Gasteiger partial charge in [0.05, 0.1) is 6.61 Å². The zero-order chi connectivity index (χ0) is 22.1. The molecule has 0 saturated heterocycles. The number of amides is 2. The third-order valence-corrected chi connectivity index (χ3v) is 4.75. The van der Waals surface area contributed by atoms with Crippen LogP contribution in [-0.2, 0) is 9.59 Å². The highest BCUT2D eigenvalue weighted by Gasteiger charge is 2.35. The maximum absolute atomic E-state index is 13.1. The van der Waals surface area contributed by atoms with Crippen molar-refractivity contribution in [2.45, 2.75) is 40.0 Å². The summed E-state index contributed by atoms with van der Waals surface area (Å²) in [5.41, 5.74) is 1.45. The zero-order valence-corrected chi connectivity index (χ0v) is 17.9. The first-order valence-corrected chi connectivity index (χ1v) is 10.2. The Morgan fingerprint density at radius 2 is 1.90 bits per heavy atom. The Kier molecular flexibility index (Phi) is 8.42. The smallest absolute Gasteiger partial charge is 0.271 e. The van der Waals surface area contributed by atoms with E-state index in [1.165, 1.54) is 4.90 Å². The fourth-order valence-corrected chi connectivity index (χ4v) is 3.17. The molecule has 0 unspecified atom stereocenters. The first kappa shape index (κ1) is 23.0. The average Bonchev–Trinajstić information content (AvgIpc) is 2.73. The van der Waals surface area contributed by atoms with Gasteiger partial charge in [-0.3, -0.25) is 14.5 Å². The number of carbonyl (C=O) groups is 2. The van der Waals surface area contributed by atoms with Gasteiger partial charge in [-0.2, -0.15) is 5.26 Å². The first-order valence-electron chi connectivity index (χ1n) is 10.2. The fraction of sp³-hybridized carbons (Fsp3) is 0.375. The molecule has 158 valence electrons. The number of hydrogen-bond acceptors (Lipinski definition) is 5. The van der Waals surface area contributed by atoms with Crippen molar-refractivity contribution in [3.05, 3.63) is 53.1 Å². The van der Waals surface area contributed by atoms with Gasteiger partial charge in [-0.15, -0.1) is 0 Å². The van der Waals surface area contributed by atoms with E-state index in [1.807, 2.05) is 19.9 Å². The number of rotatable bonds is 10. The number of nitriles is 1. The Labute approximate surface area is 178 Å². The molecule has 0 radical (unpaired) electrons. The molecule has 0 aromatic heterocycles. The molecule has 2 rings (SSSR count). The van der Waals surface area contributed by atoms with Crippen LogP contribution in [0, 0.1) is 11.3 Å². The summed E-state index contributed by atoms with van der Waals surface area (Å²) in [5, 5.41) is 9.49. The van der Waals surface area contributed by atoms with Gasteiger partial charge in [-0.25, -0.2) is 0 Å². The monoisotopic (exact) mass is 408 g/mol. The highest BCUT2D eigenvalue weighted by molar-refractivity contribution is 6.19. The van der Waals surface area contributed by atoms with E-state index < -0.39 is 5.91 Å². The van der Waals surface area contributed by atoms with Gasteiger partial charge >= 0.3 is 0 Å². The van der Waals surface area contributed by atoms with Crippen LogP contribution >= 0.6 is 0 Å². The predicted molar refractivity (Wildman–Crippen MR) is 116 cm³/mol. The minimum atomic E-state index is -0.517. The second-order valence-electron chi connectivity index (χ2n) is 6.88. The zero-order valence-electron chi connectivity index (χ0n) is 17.9. The van der Waals surface area contributed by atoms with Crippen LogP contribution in [0.2, 0.25) is 0 Å². The van der Waals surface area contributed by atoms with Crippen LogP contribution in [0.25, 0.3) is 6.08 Å². The van der Waals surface area contributed by atoms with Gasteiger partial charge in [0.1, 0.15) is 18.2 Å². The summed E-state index contributed by atoms with van der Waals surface area (Å²) in [6.45, 7) is 10.3. The van der Waals surface area contributed by atoms with E-state index in [9.17, 15) is 14.9 Å². The molecule has 0 aliphatic carbocycles. The van der Waals surface area contributed by atoms with Gasteiger partial charge in [0.2, 0.25) is 0 Å². The molecule has 1 aromatic rings. The minimum Gasteiger partial charge on any atom is -0.490 e. The van der Waals surface area contributed by atoms with Crippen LogP contribution in [0.15, 0.2) is 47.6 Å². The van der Waals surface area contributed by atoms with Crippen molar-refractivity contribution in [2.24, 2.45) is 0 Å². The Morgan fingerprint density at radius 1 is 1.13 bits per heavy atom. The summed E-state index contributed by atoms with van der Waals surface area (Å²) >= 11 is 0. The van der Waals surface area contributed by atoms with Crippen molar-refractivity contribution in [1.29, 1.82) is 5.26 Å². The van der Waals surface area contributed by atoms with Crippen LogP contribution < -0.4 is 9.47 Å². The van der Waals surface area contributed by atoms with Crippen LogP contribution in [0.4, 0.5) is 0 Å². The Morgan fingerprint density at radius 3 is 2.53 bits per heavy atom. The maximum Gasteiger partial charge on any atom is 0.271 e. The summed E-state index contributed by atoms with van der Waals surface area (Å²) in [7, 11) is 0. The highest BCUT2D eigenvalue weighted by Crippen LogP contribution is 2.32. The first-order chi connectivity index (χ1) is 14.5. The molecule has 6 heteroatoms. The molecule has 0 bridgehead atoms. The standard InChI is InChI=1S/C24H28N2O4/c1-5-8-9-12-26-23(27)19(17(4)20(16-25)24(26)28)14-18-10-11-21(30-13-6-2)22(15-18)29-7-3/h6,10-11,14-15H,2,5,7-9,12-13H2,1,3-4H3/b19-14+. The molecule has 0 atom stereocenters. The molecule has 1 aliphatic rings. The summed E-state index contributed by atoms with van der Waals surface area (Å²) in [6, 6.07) is 7.31. The van der Waals surface area contributed by atoms with E-state index in [1.54, 1.807) is 37.3 Å². The van der Waals surface area contributed by atoms with Gasteiger partial charge in [0, 0.05) is 12.1 Å². The molecule has 0 fully saturated rings. The number of ether oxygens (including phenoxy) is 2. The third kappa shape index (κ3) is 5.18. The van der Waals surface area contributed by atoms with E-state index in [0.717, 1.165) is 12.8 Å². The fourth-order valence-electron chi connectivity index (χ4n) is 3.17. The molecule has 6 nitrogen and oxygen atoms in total. The summed E-state index contributed by atoms with van der Waals surface area (Å²) in [5.74, 6) is 0.235. The predicted octanol–water partition coefficient (Wildman–Crippen LogP) is 4.43. The quantitative estimate of drug-likeness (QED) is 0.248. The molecule has 1 heterocycles. The van der Waals surface area contributed by atoms with Gasteiger partial charge in [0.15, 0.2) is 11.5 Å². The van der Waals surface area contributed by atoms with Crippen LogP contribution in [0.3, 0.4) is 0 Å². The van der Waals surface area contributed by atoms with E-state index in [0.29, 0.717) is 54.4 Å². The SMILES string of the molecule is C=CCOc1ccc(/C=C2/C(=O)N(CCCCC)C(=O)C(C#N)=C2C)cc1OCC. The van der Waals surface area contributed by atoms with Crippen molar-refractivity contribution in [2.75, 3.05) is 19.8 Å². The number of imide groups is 1. The number of hydrogen-bond donors (Lipinski definition) is 0. The van der Waals surface area contributed by atoms with Crippen LogP contribution in [-0.4, -0.2) is 36.5 Å². The molecule has 30 heavy (non-hydrogen) atoms. The van der Waals surface area contributed by atoms with Gasteiger partial charge in [0.25, 0.3) is 11.8 Å². The minimum absolute atomic E-state index is 0.00770. The van der Waals surface area contributed by atoms with E-state index >= 15 is 0 Å². The number of benzene rings is 1. The average molecular weight is 408 g/mol. The Hall–Kier alpha value is -3.33. The van der Waals surface area contributed by atoms with Crippen LogP contribution in [0.5, 0.6) is 11.5 Å². The molecule has 0 N–H and O–H groups in total. The van der Waals surface area contributed by atoms with Crippen molar-refractivity contribution in [3.63, 3.8) is 0 Å². The maximum atomic E-state index is 13.1. The summed E-state index contributed by atoms with van der Waals surface area (Å²) in [6.07, 6.45) is 5.93. The van der Waals surface area contributed by atoms with Gasteiger partial charge in [-0.1, -0.05) is 38.5 Å². The molecular weight excluding hydrogens is 380 g/mol. The van der Waals surface area contributed by atoms with Crippen LogP contribution in [0.1, 0.15) is 45.6 Å². The van der Waals surface area contributed by atoms with Crippen molar-refractivity contribution < 1.29 is 19.1 Å². The number of nitrogens with zero attached hydrogens (tertiary/aromatic N) is 2. The van der Waals surface area contributed by atoms with Crippen molar-refractivity contribution in [1.82, 2.24) is 4.90 Å². The van der Waals surface area contributed by atoms with E-state index in [-0.39, 0.29) is 11.5 Å². The molecule has 1 aliphatic heterocycles. The normalized spacial score (nSPS) is 15.4. The van der Waals surface area contributed by atoms with Gasteiger partial charge in [-0.05, 0) is 49.6 Å². The second-order valence-corrected chi connectivity index (χ2v) is 6.88. The lowest BCUT2D eigenvalue weighted by Crippen LogP contribution is -2.43. The largest absolute Gasteiger partial charge is 0.490 e. The van der Waals surface area contributed by atoms with E-state index in [2.05, 4.69) is 6.58 Å². The highest BCUT2D eigenvalue weighted by atomic mass is 16.5. The summed E-state index contributed by atoms with van der Waals surface area (Å²) in [4.78, 5) is 26.8. The third-order valence-electron chi connectivity index (χ3n) is 4.75. The van der Waals surface area contributed by atoms with Crippen molar-refractivity contribution >= 4 is 17.9 Å². The number of carbonyl (C=O) groups excluding carboxylic acids is 2. The summed E-state index contributed by atoms with van der Waals surface area (Å²) < 4.78 is 11.3. The molecule has 2 amide bonds. The second kappa shape index (κ2) is 11.0.